The molecule has 3 rings (SSSR count). The van der Waals surface area contributed by atoms with E-state index in [1.54, 1.807) is 34.9 Å². The quantitative estimate of drug-likeness (QED) is 0.280. The van der Waals surface area contributed by atoms with Crippen LogP contribution in [0.1, 0.15) is 65.3 Å². The number of rotatable bonds is 11. The number of esters is 1. The lowest BCUT2D eigenvalue weighted by Gasteiger charge is -2.21. The average molecular weight is 524 g/mol. The maximum absolute atomic E-state index is 12.9. The summed E-state index contributed by atoms with van der Waals surface area (Å²) in [4.78, 5) is 37.5. The molecule has 1 aromatic heterocycles. The van der Waals surface area contributed by atoms with Crippen LogP contribution in [0.15, 0.2) is 53.7 Å². The van der Waals surface area contributed by atoms with E-state index in [1.807, 2.05) is 52.9 Å². The van der Waals surface area contributed by atoms with E-state index in [9.17, 15) is 14.4 Å². The van der Waals surface area contributed by atoms with Crippen molar-refractivity contribution < 1.29 is 19.1 Å². The summed E-state index contributed by atoms with van der Waals surface area (Å²) in [6.45, 7) is 8.22. The molecule has 0 unspecified atom stereocenters. The van der Waals surface area contributed by atoms with Gasteiger partial charge >= 0.3 is 5.97 Å². The highest BCUT2D eigenvalue weighted by Gasteiger charge is 2.25. The van der Waals surface area contributed by atoms with Gasteiger partial charge in [-0.2, -0.15) is 0 Å². The minimum atomic E-state index is -0.423. The molecule has 0 aliphatic heterocycles. The van der Waals surface area contributed by atoms with Crippen LogP contribution in [0, 0.1) is 12.8 Å². The molecule has 10 heteroatoms. The fourth-order valence-corrected chi connectivity index (χ4v) is 4.31. The molecule has 0 saturated heterocycles. The van der Waals surface area contributed by atoms with Gasteiger partial charge in [-0.3, -0.25) is 9.59 Å². The second-order valence-electron chi connectivity index (χ2n) is 9.02. The largest absolute Gasteiger partial charge is 0.462 e. The first-order valence-corrected chi connectivity index (χ1v) is 13.1. The molecular formula is C27H33N5O4S. The molecule has 0 aliphatic carbocycles. The van der Waals surface area contributed by atoms with Crippen molar-refractivity contribution >= 4 is 35.2 Å². The molecule has 3 aromatic rings. The van der Waals surface area contributed by atoms with Gasteiger partial charge in [0.1, 0.15) is 0 Å². The van der Waals surface area contributed by atoms with Crippen LogP contribution < -0.4 is 10.6 Å². The molecule has 2 N–H and O–H groups in total. The third kappa shape index (κ3) is 7.66. The minimum Gasteiger partial charge on any atom is -0.462 e. The van der Waals surface area contributed by atoms with Gasteiger partial charge in [-0.15, -0.1) is 10.2 Å². The molecule has 0 spiro atoms. The van der Waals surface area contributed by atoms with Gasteiger partial charge in [-0.25, -0.2) is 4.79 Å². The number of amides is 2. The van der Waals surface area contributed by atoms with Crippen molar-refractivity contribution in [3.05, 3.63) is 71.0 Å². The van der Waals surface area contributed by atoms with Crippen molar-refractivity contribution in [2.75, 3.05) is 17.7 Å². The standard InChI is InChI=1S/C27H33N5O4S/c1-6-13-36-26(35)20-11-8-12-21(15-20)28-22(33)16-37-27-31-30-24(32(27)5)23(17(2)3)29-25(34)19-10-7-9-18(4)14-19/h7-12,14-15,17,23H,6,13,16H2,1-5H3,(H,28,33)(H,29,34)/t23-/m0/s1. The third-order valence-corrected chi connectivity index (χ3v) is 6.55. The van der Waals surface area contributed by atoms with E-state index in [4.69, 9.17) is 4.74 Å². The Morgan fingerprint density at radius 3 is 2.49 bits per heavy atom. The summed E-state index contributed by atoms with van der Waals surface area (Å²) >= 11 is 1.24. The summed E-state index contributed by atoms with van der Waals surface area (Å²) < 4.78 is 6.94. The summed E-state index contributed by atoms with van der Waals surface area (Å²) in [6, 6.07) is 13.7. The van der Waals surface area contributed by atoms with E-state index in [2.05, 4.69) is 20.8 Å². The number of anilines is 1. The topological polar surface area (TPSA) is 115 Å². The Bertz CT molecular complexity index is 1260. The Kier molecular flexibility index (Phi) is 9.85. The van der Waals surface area contributed by atoms with Crippen molar-refractivity contribution in [1.82, 2.24) is 20.1 Å². The number of carbonyl (C=O) groups excluding carboxylic acids is 3. The molecule has 0 fully saturated rings. The zero-order valence-corrected chi connectivity index (χ0v) is 22.6. The summed E-state index contributed by atoms with van der Waals surface area (Å²) in [6.07, 6.45) is 0.736. The lowest BCUT2D eigenvalue weighted by Crippen LogP contribution is -2.33. The number of benzene rings is 2. The summed E-state index contributed by atoms with van der Waals surface area (Å²) in [5.74, 6) is -0.0839. The molecule has 0 aliphatic rings. The van der Waals surface area contributed by atoms with Gasteiger partial charge in [0.05, 0.1) is 24.0 Å². The second-order valence-corrected chi connectivity index (χ2v) is 9.96. The molecular weight excluding hydrogens is 490 g/mol. The maximum Gasteiger partial charge on any atom is 0.338 e. The first-order valence-electron chi connectivity index (χ1n) is 12.2. The molecule has 2 amide bonds. The monoisotopic (exact) mass is 523 g/mol. The van der Waals surface area contributed by atoms with Crippen molar-refractivity contribution in [3.63, 3.8) is 0 Å². The molecule has 0 saturated carbocycles. The number of ether oxygens (including phenoxy) is 1. The van der Waals surface area contributed by atoms with Crippen LogP contribution in [0.5, 0.6) is 0 Å². The molecule has 0 bridgehead atoms. The van der Waals surface area contributed by atoms with Crippen LogP contribution in [0.3, 0.4) is 0 Å². The van der Waals surface area contributed by atoms with Crippen LogP contribution in [-0.4, -0.2) is 44.9 Å². The number of carbonyl (C=O) groups is 3. The minimum absolute atomic E-state index is 0.0640. The van der Waals surface area contributed by atoms with Crippen molar-refractivity contribution in [2.45, 2.75) is 45.3 Å². The molecule has 2 aromatic carbocycles. The first kappa shape index (κ1) is 27.9. The Balaban J connectivity index is 1.62. The molecule has 9 nitrogen and oxygen atoms in total. The first-order chi connectivity index (χ1) is 17.7. The predicted octanol–water partition coefficient (Wildman–Crippen LogP) is 4.55. The second kappa shape index (κ2) is 13.0. The zero-order valence-electron chi connectivity index (χ0n) is 21.8. The van der Waals surface area contributed by atoms with Crippen LogP contribution in [0.2, 0.25) is 0 Å². The van der Waals surface area contributed by atoms with Crippen LogP contribution >= 0.6 is 11.8 Å². The number of aromatic nitrogens is 3. The number of nitrogens with one attached hydrogen (secondary N) is 2. The Labute approximate surface area is 221 Å². The maximum atomic E-state index is 12.9. The van der Waals surface area contributed by atoms with Gasteiger partial charge in [0.15, 0.2) is 11.0 Å². The van der Waals surface area contributed by atoms with E-state index in [0.717, 1.165) is 12.0 Å². The summed E-state index contributed by atoms with van der Waals surface area (Å²) in [7, 11) is 1.81. The van der Waals surface area contributed by atoms with Crippen molar-refractivity contribution in [1.29, 1.82) is 0 Å². The van der Waals surface area contributed by atoms with Crippen molar-refractivity contribution in [2.24, 2.45) is 13.0 Å². The van der Waals surface area contributed by atoms with Crippen molar-refractivity contribution in [3.8, 4) is 0 Å². The Hall–Kier alpha value is -3.66. The third-order valence-electron chi connectivity index (χ3n) is 5.53. The van der Waals surface area contributed by atoms with Gasteiger partial charge in [0, 0.05) is 18.3 Å². The zero-order chi connectivity index (χ0) is 26.9. The van der Waals surface area contributed by atoms with Gasteiger partial charge in [0.25, 0.3) is 5.91 Å². The molecule has 0 radical (unpaired) electrons. The fraction of sp³-hybridized carbons (Fsp3) is 0.370. The van der Waals surface area contributed by atoms with Crippen LogP contribution in [-0.2, 0) is 16.6 Å². The summed E-state index contributed by atoms with van der Waals surface area (Å²) in [5.41, 5.74) is 2.48. The van der Waals surface area contributed by atoms with Gasteiger partial charge < -0.3 is 19.9 Å². The highest BCUT2D eigenvalue weighted by atomic mass is 32.2. The van der Waals surface area contributed by atoms with Gasteiger partial charge in [-0.1, -0.05) is 56.3 Å². The van der Waals surface area contributed by atoms with Gasteiger partial charge in [-0.05, 0) is 49.6 Å². The number of hydrogen-bond donors (Lipinski definition) is 2. The average Bonchev–Trinajstić information content (AvgIpc) is 3.24. The molecule has 37 heavy (non-hydrogen) atoms. The van der Waals surface area contributed by atoms with E-state index < -0.39 is 5.97 Å². The molecule has 196 valence electrons. The van der Waals surface area contributed by atoms with E-state index in [-0.39, 0.29) is 29.5 Å². The van der Waals surface area contributed by atoms with E-state index in [1.165, 1.54) is 11.8 Å². The molecule has 1 atom stereocenters. The lowest BCUT2D eigenvalue weighted by molar-refractivity contribution is -0.113. The Morgan fingerprint density at radius 1 is 1.05 bits per heavy atom. The Morgan fingerprint density at radius 2 is 1.78 bits per heavy atom. The number of hydrogen-bond acceptors (Lipinski definition) is 7. The molecule has 1 heterocycles. The SMILES string of the molecule is CCCOC(=O)c1cccc(NC(=O)CSc2nnc([C@@H](NC(=O)c3cccc(C)c3)C(C)C)n2C)c1. The van der Waals surface area contributed by atoms with E-state index >= 15 is 0 Å². The van der Waals surface area contributed by atoms with E-state index in [0.29, 0.717) is 34.4 Å². The predicted molar refractivity (Wildman–Crippen MR) is 144 cm³/mol. The number of aryl methyl sites for hydroxylation is 1. The van der Waals surface area contributed by atoms with Gasteiger partial charge in [0.2, 0.25) is 5.91 Å². The number of thioether (sulfide) groups is 1. The fourth-order valence-electron chi connectivity index (χ4n) is 3.59. The highest BCUT2D eigenvalue weighted by molar-refractivity contribution is 7.99. The highest BCUT2D eigenvalue weighted by Crippen LogP contribution is 2.25. The lowest BCUT2D eigenvalue weighted by atomic mass is 10.0. The van der Waals surface area contributed by atoms with Crippen LogP contribution in [0.25, 0.3) is 0 Å². The normalized spacial score (nSPS) is 11.7. The smallest absolute Gasteiger partial charge is 0.338 e. The summed E-state index contributed by atoms with van der Waals surface area (Å²) in [5, 5.41) is 15.0. The van der Waals surface area contributed by atoms with Crippen LogP contribution in [0.4, 0.5) is 5.69 Å². The number of nitrogens with zero attached hydrogens (tertiary/aromatic N) is 3.